The Morgan fingerprint density at radius 3 is 2.94 bits per heavy atom. The predicted octanol–water partition coefficient (Wildman–Crippen LogP) is 3.71. The third-order valence-electron chi connectivity index (χ3n) is 3.55. The van der Waals surface area contributed by atoms with E-state index >= 15 is 0 Å². The zero-order chi connectivity index (χ0) is 12.8. The zero-order valence-corrected chi connectivity index (χ0v) is 12.2. The van der Waals surface area contributed by atoms with E-state index in [2.05, 4.69) is 51.7 Å². The molecule has 3 N–H and O–H groups in total. The van der Waals surface area contributed by atoms with Gasteiger partial charge in [0.05, 0.1) is 0 Å². The van der Waals surface area contributed by atoms with Crippen molar-refractivity contribution in [3.8, 4) is 0 Å². The van der Waals surface area contributed by atoms with Crippen molar-refractivity contribution in [1.29, 1.82) is 0 Å². The van der Waals surface area contributed by atoms with Crippen molar-refractivity contribution in [2.75, 3.05) is 0 Å². The first-order chi connectivity index (χ1) is 8.79. The minimum atomic E-state index is 0.275. The quantitative estimate of drug-likeness (QED) is 0.505. The van der Waals surface area contributed by atoms with Gasteiger partial charge < -0.3 is 0 Å². The van der Waals surface area contributed by atoms with Gasteiger partial charge in [0.1, 0.15) is 0 Å². The zero-order valence-electron chi connectivity index (χ0n) is 10.7. The molecule has 0 radical (unpaired) electrons. The fourth-order valence-corrected chi connectivity index (χ4v) is 3.00. The minimum absolute atomic E-state index is 0.275. The molecule has 1 aromatic rings. The van der Waals surface area contributed by atoms with Crippen molar-refractivity contribution >= 4 is 15.9 Å². The van der Waals surface area contributed by atoms with E-state index in [1.54, 1.807) is 0 Å². The lowest BCUT2D eigenvalue weighted by molar-refractivity contribution is 0.564. The number of hydrogen-bond acceptors (Lipinski definition) is 2. The Morgan fingerprint density at radius 1 is 1.28 bits per heavy atom. The molecule has 0 aromatic heterocycles. The molecule has 3 heteroatoms. The SMILES string of the molecule is NNC(Cc1cccc(Br)c1)C1=CCCCCC1. The molecule has 2 rings (SSSR count). The smallest absolute Gasteiger partial charge is 0.0460 e. The van der Waals surface area contributed by atoms with Crippen molar-refractivity contribution < 1.29 is 0 Å². The first kappa shape index (κ1) is 13.8. The molecule has 2 nitrogen and oxygen atoms in total. The number of allylic oxidation sites excluding steroid dienone is 1. The largest absolute Gasteiger partial charge is 0.271 e. The molecule has 98 valence electrons. The number of hydrazine groups is 1. The number of nitrogens with two attached hydrogens (primary N) is 1. The Balaban J connectivity index is 2.06. The number of nitrogens with one attached hydrogen (secondary N) is 1. The summed E-state index contributed by atoms with van der Waals surface area (Å²) in [5, 5.41) is 0. The van der Waals surface area contributed by atoms with Gasteiger partial charge in [0.25, 0.3) is 0 Å². The van der Waals surface area contributed by atoms with Crippen LogP contribution in [0.15, 0.2) is 40.4 Å². The average molecular weight is 309 g/mol. The van der Waals surface area contributed by atoms with Crippen molar-refractivity contribution in [3.05, 3.63) is 46.0 Å². The van der Waals surface area contributed by atoms with Gasteiger partial charge in [-0.15, -0.1) is 0 Å². The van der Waals surface area contributed by atoms with Gasteiger partial charge >= 0.3 is 0 Å². The Hall–Kier alpha value is -0.640. The van der Waals surface area contributed by atoms with Gasteiger partial charge in [-0.05, 0) is 49.8 Å². The fraction of sp³-hybridized carbons (Fsp3) is 0.467. The average Bonchev–Trinajstić information content (AvgIpc) is 2.65. The van der Waals surface area contributed by atoms with E-state index in [0.717, 1.165) is 10.9 Å². The summed E-state index contributed by atoms with van der Waals surface area (Å²) in [6.07, 6.45) is 9.68. The van der Waals surface area contributed by atoms with Crippen LogP contribution in [0.1, 0.15) is 37.7 Å². The van der Waals surface area contributed by atoms with Crippen molar-refractivity contribution in [1.82, 2.24) is 5.43 Å². The summed E-state index contributed by atoms with van der Waals surface area (Å²) in [6.45, 7) is 0. The molecule has 1 unspecified atom stereocenters. The Bertz CT molecular complexity index is 415. The summed E-state index contributed by atoms with van der Waals surface area (Å²) < 4.78 is 1.13. The predicted molar refractivity (Wildman–Crippen MR) is 80.1 cm³/mol. The number of halogens is 1. The maximum absolute atomic E-state index is 5.74. The van der Waals surface area contributed by atoms with E-state index in [4.69, 9.17) is 5.84 Å². The molecule has 0 amide bonds. The van der Waals surface area contributed by atoms with Crippen LogP contribution in [0.5, 0.6) is 0 Å². The molecule has 1 aliphatic rings. The third-order valence-corrected chi connectivity index (χ3v) is 4.05. The summed E-state index contributed by atoms with van der Waals surface area (Å²) in [7, 11) is 0. The standard InChI is InChI=1S/C15H21BrN2/c16-14-9-5-6-12(10-14)11-15(18-17)13-7-3-1-2-4-8-13/h5-7,9-10,15,18H,1-4,8,11,17H2. The van der Waals surface area contributed by atoms with Crippen LogP contribution in [0.4, 0.5) is 0 Å². The molecule has 1 aromatic carbocycles. The summed E-state index contributed by atoms with van der Waals surface area (Å²) in [5.41, 5.74) is 5.78. The van der Waals surface area contributed by atoms with Gasteiger partial charge in [-0.1, -0.05) is 46.1 Å². The monoisotopic (exact) mass is 308 g/mol. The molecule has 0 saturated heterocycles. The Labute approximate surface area is 118 Å². The molecule has 18 heavy (non-hydrogen) atoms. The molecule has 0 fully saturated rings. The molecular weight excluding hydrogens is 288 g/mol. The van der Waals surface area contributed by atoms with Crippen molar-refractivity contribution in [2.24, 2.45) is 5.84 Å². The highest BCUT2D eigenvalue weighted by atomic mass is 79.9. The van der Waals surface area contributed by atoms with Gasteiger partial charge in [0.15, 0.2) is 0 Å². The normalized spacial score (nSPS) is 18.0. The van der Waals surface area contributed by atoms with Crippen LogP contribution in [-0.2, 0) is 6.42 Å². The van der Waals surface area contributed by atoms with E-state index in [1.807, 2.05) is 0 Å². The second kappa shape index (κ2) is 7.07. The van der Waals surface area contributed by atoms with Crippen LogP contribution in [0.3, 0.4) is 0 Å². The molecule has 0 saturated carbocycles. The summed E-state index contributed by atoms with van der Waals surface area (Å²) in [5.74, 6) is 5.74. The van der Waals surface area contributed by atoms with Gasteiger partial charge in [0.2, 0.25) is 0 Å². The van der Waals surface area contributed by atoms with Crippen LogP contribution in [0.25, 0.3) is 0 Å². The first-order valence-electron chi connectivity index (χ1n) is 6.69. The molecule has 0 bridgehead atoms. The second-order valence-electron chi connectivity index (χ2n) is 4.93. The molecule has 0 heterocycles. The molecule has 0 aliphatic heterocycles. The number of hydrogen-bond donors (Lipinski definition) is 2. The molecule has 0 spiro atoms. The van der Waals surface area contributed by atoms with Crippen LogP contribution in [0, 0.1) is 0 Å². The highest BCUT2D eigenvalue weighted by Crippen LogP contribution is 2.22. The van der Waals surface area contributed by atoms with Gasteiger partial charge in [-0.2, -0.15) is 0 Å². The van der Waals surface area contributed by atoms with E-state index < -0.39 is 0 Å². The minimum Gasteiger partial charge on any atom is -0.271 e. The van der Waals surface area contributed by atoms with E-state index in [-0.39, 0.29) is 6.04 Å². The second-order valence-corrected chi connectivity index (χ2v) is 5.85. The van der Waals surface area contributed by atoms with Crippen LogP contribution in [-0.4, -0.2) is 6.04 Å². The van der Waals surface area contributed by atoms with Crippen LogP contribution >= 0.6 is 15.9 Å². The van der Waals surface area contributed by atoms with E-state index in [0.29, 0.717) is 0 Å². The van der Waals surface area contributed by atoms with Crippen molar-refractivity contribution in [3.63, 3.8) is 0 Å². The topological polar surface area (TPSA) is 38.0 Å². The maximum Gasteiger partial charge on any atom is 0.0460 e. The van der Waals surface area contributed by atoms with Crippen LogP contribution in [0.2, 0.25) is 0 Å². The van der Waals surface area contributed by atoms with Crippen molar-refractivity contribution in [2.45, 2.75) is 44.6 Å². The van der Waals surface area contributed by atoms with Crippen LogP contribution < -0.4 is 11.3 Å². The van der Waals surface area contributed by atoms with E-state index in [9.17, 15) is 0 Å². The summed E-state index contributed by atoms with van der Waals surface area (Å²) in [4.78, 5) is 0. The summed E-state index contributed by atoms with van der Waals surface area (Å²) >= 11 is 3.52. The summed E-state index contributed by atoms with van der Waals surface area (Å²) in [6, 6.07) is 8.74. The highest BCUT2D eigenvalue weighted by Gasteiger charge is 2.14. The van der Waals surface area contributed by atoms with Gasteiger partial charge in [0, 0.05) is 10.5 Å². The number of benzene rings is 1. The highest BCUT2D eigenvalue weighted by molar-refractivity contribution is 9.10. The number of rotatable bonds is 4. The maximum atomic E-state index is 5.74. The molecular formula is C15H21BrN2. The van der Waals surface area contributed by atoms with Gasteiger partial charge in [-0.25, -0.2) is 0 Å². The van der Waals surface area contributed by atoms with E-state index in [1.165, 1.54) is 43.2 Å². The lowest BCUT2D eigenvalue weighted by Crippen LogP contribution is -2.38. The Morgan fingerprint density at radius 2 is 2.17 bits per heavy atom. The fourth-order valence-electron chi connectivity index (χ4n) is 2.55. The Kier molecular flexibility index (Phi) is 5.42. The van der Waals surface area contributed by atoms with Gasteiger partial charge in [-0.3, -0.25) is 11.3 Å². The lowest BCUT2D eigenvalue weighted by Gasteiger charge is -2.19. The molecule has 1 aliphatic carbocycles. The third kappa shape index (κ3) is 3.94. The molecule has 1 atom stereocenters. The first-order valence-corrected chi connectivity index (χ1v) is 7.48. The lowest BCUT2D eigenvalue weighted by atomic mass is 9.96.